The quantitative estimate of drug-likeness (QED) is 0.889. The number of nitrogens with zero attached hydrogens (tertiary/aromatic N) is 1. The van der Waals surface area contributed by atoms with Gasteiger partial charge in [0.25, 0.3) is 0 Å². The Labute approximate surface area is 114 Å². The molecule has 1 aromatic carbocycles. The highest BCUT2D eigenvalue weighted by Gasteiger charge is 2.18. The van der Waals surface area contributed by atoms with E-state index in [1.54, 1.807) is 4.90 Å². The van der Waals surface area contributed by atoms with Crippen molar-refractivity contribution in [3.05, 3.63) is 28.8 Å². The van der Waals surface area contributed by atoms with Gasteiger partial charge in [-0.15, -0.1) is 0 Å². The number of halogens is 1. The Morgan fingerprint density at radius 2 is 2.00 bits per heavy atom. The van der Waals surface area contributed by atoms with Crippen LogP contribution in [-0.4, -0.2) is 29.9 Å². The maximum Gasteiger partial charge on any atom is 0.244 e. The normalized spacial score (nSPS) is 12.1. The minimum absolute atomic E-state index is 0.0941. The van der Waals surface area contributed by atoms with Crippen molar-refractivity contribution in [1.29, 1.82) is 0 Å². The van der Waals surface area contributed by atoms with Crippen LogP contribution in [0.3, 0.4) is 0 Å². The minimum atomic E-state index is -0.273. The molecule has 1 rings (SSSR count). The summed E-state index contributed by atoms with van der Waals surface area (Å²) in [5, 5.41) is 3.81. The first-order valence-electron chi connectivity index (χ1n) is 6.31. The lowest BCUT2D eigenvalue weighted by molar-refractivity contribution is -0.131. The molecule has 0 aliphatic rings. The number of likely N-dealkylation sites (N-methyl/N-ethyl adjacent to an activating group) is 1. The highest BCUT2D eigenvalue weighted by molar-refractivity contribution is 6.33. The molecule has 100 valence electrons. The van der Waals surface area contributed by atoms with Crippen LogP contribution in [0, 0.1) is 6.92 Å². The second kappa shape index (κ2) is 6.64. The van der Waals surface area contributed by atoms with E-state index < -0.39 is 0 Å². The number of carbonyl (C=O) groups excluding carboxylic acids is 1. The summed E-state index contributed by atoms with van der Waals surface area (Å²) < 4.78 is 0. The minimum Gasteiger partial charge on any atom is -0.373 e. The molecule has 0 aliphatic heterocycles. The van der Waals surface area contributed by atoms with Crippen molar-refractivity contribution in [3.63, 3.8) is 0 Å². The van der Waals surface area contributed by atoms with Gasteiger partial charge in [0, 0.05) is 13.1 Å². The van der Waals surface area contributed by atoms with Crippen molar-refractivity contribution < 1.29 is 4.79 Å². The second-order valence-corrected chi connectivity index (χ2v) is 4.77. The topological polar surface area (TPSA) is 32.3 Å². The zero-order valence-electron chi connectivity index (χ0n) is 11.5. The third-order valence-electron chi connectivity index (χ3n) is 2.94. The molecule has 4 heteroatoms. The molecule has 0 radical (unpaired) electrons. The molecule has 0 bridgehead atoms. The van der Waals surface area contributed by atoms with E-state index in [1.165, 1.54) is 0 Å². The Morgan fingerprint density at radius 3 is 2.50 bits per heavy atom. The van der Waals surface area contributed by atoms with E-state index in [9.17, 15) is 4.79 Å². The molecule has 1 amide bonds. The maximum absolute atomic E-state index is 12.1. The number of anilines is 1. The fourth-order valence-corrected chi connectivity index (χ4v) is 2.13. The first-order valence-corrected chi connectivity index (χ1v) is 6.68. The average Bonchev–Trinajstić information content (AvgIpc) is 2.34. The van der Waals surface area contributed by atoms with Gasteiger partial charge in [0.2, 0.25) is 5.91 Å². The van der Waals surface area contributed by atoms with Crippen LogP contribution in [0.2, 0.25) is 5.02 Å². The van der Waals surface area contributed by atoms with Crippen LogP contribution in [-0.2, 0) is 4.79 Å². The van der Waals surface area contributed by atoms with Crippen molar-refractivity contribution in [2.75, 3.05) is 18.4 Å². The summed E-state index contributed by atoms with van der Waals surface area (Å²) >= 11 is 6.14. The van der Waals surface area contributed by atoms with Gasteiger partial charge in [0.1, 0.15) is 6.04 Å². The highest BCUT2D eigenvalue weighted by Crippen LogP contribution is 2.23. The van der Waals surface area contributed by atoms with E-state index >= 15 is 0 Å². The average molecular weight is 269 g/mol. The predicted octanol–water partition coefficient (Wildman–Crippen LogP) is 3.32. The first-order chi connectivity index (χ1) is 8.49. The van der Waals surface area contributed by atoms with Crippen molar-refractivity contribution in [1.82, 2.24) is 4.90 Å². The number of carbonyl (C=O) groups is 1. The van der Waals surface area contributed by atoms with Gasteiger partial charge < -0.3 is 10.2 Å². The molecule has 1 aromatic rings. The summed E-state index contributed by atoms with van der Waals surface area (Å²) in [7, 11) is 0. The van der Waals surface area contributed by atoms with Gasteiger partial charge in [-0.05, 0) is 45.4 Å². The molecule has 0 aromatic heterocycles. The molecule has 3 nitrogen and oxygen atoms in total. The van der Waals surface area contributed by atoms with Crippen molar-refractivity contribution in [3.8, 4) is 0 Å². The van der Waals surface area contributed by atoms with Crippen molar-refractivity contribution >= 4 is 23.2 Å². The molecule has 0 fully saturated rings. The van der Waals surface area contributed by atoms with Gasteiger partial charge in [-0.1, -0.05) is 17.7 Å². The van der Waals surface area contributed by atoms with E-state index in [4.69, 9.17) is 11.6 Å². The number of benzene rings is 1. The van der Waals surface area contributed by atoms with Crippen LogP contribution >= 0.6 is 11.6 Å². The van der Waals surface area contributed by atoms with Crippen molar-refractivity contribution in [2.45, 2.75) is 33.7 Å². The van der Waals surface area contributed by atoms with Crippen LogP contribution in [0.5, 0.6) is 0 Å². The van der Waals surface area contributed by atoms with Crippen LogP contribution < -0.4 is 5.32 Å². The molecular weight excluding hydrogens is 248 g/mol. The molecule has 18 heavy (non-hydrogen) atoms. The van der Waals surface area contributed by atoms with E-state index in [0.29, 0.717) is 5.02 Å². The first kappa shape index (κ1) is 14.8. The SMILES string of the molecule is CCN(CC)C(=O)C(C)Nc1ccc(C)cc1Cl. The Hall–Kier alpha value is -1.22. The van der Waals surface area contributed by atoms with E-state index in [2.05, 4.69) is 5.32 Å². The molecule has 1 atom stereocenters. The number of nitrogens with one attached hydrogen (secondary N) is 1. The summed E-state index contributed by atoms with van der Waals surface area (Å²) in [6.07, 6.45) is 0. The van der Waals surface area contributed by atoms with Crippen LogP contribution in [0.15, 0.2) is 18.2 Å². The van der Waals surface area contributed by atoms with Crippen LogP contribution in [0.4, 0.5) is 5.69 Å². The zero-order valence-corrected chi connectivity index (χ0v) is 12.2. The molecular formula is C14H21ClN2O. The van der Waals surface area contributed by atoms with Gasteiger partial charge in [-0.3, -0.25) is 4.79 Å². The Morgan fingerprint density at radius 1 is 1.39 bits per heavy atom. The molecule has 0 spiro atoms. The Bertz CT molecular complexity index is 416. The van der Waals surface area contributed by atoms with Gasteiger partial charge in [0.15, 0.2) is 0 Å². The van der Waals surface area contributed by atoms with Crippen LogP contribution in [0.25, 0.3) is 0 Å². The summed E-state index contributed by atoms with van der Waals surface area (Å²) in [4.78, 5) is 13.9. The van der Waals surface area contributed by atoms with Crippen LogP contribution in [0.1, 0.15) is 26.3 Å². The number of aryl methyl sites for hydroxylation is 1. The van der Waals surface area contributed by atoms with E-state index in [1.807, 2.05) is 45.9 Å². The number of hydrogen-bond donors (Lipinski definition) is 1. The smallest absolute Gasteiger partial charge is 0.244 e. The van der Waals surface area contributed by atoms with E-state index in [-0.39, 0.29) is 11.9 Å². The molecule has 0 saturated carbocycles. The second-order valence-electron chi connectivity index (χ2n) is 4.36. The predicted molar refractivity (Wildman–Crippen MR) is 77.2 cm³/mol. The molecule has 1 N–H and O–H groups in total. The number of amides is 1. The highest BCUT2D eigenvalue weighted by atomic mass is 35.5. The summed E-state index contributed by atoms with van der Waals surface area (Å²) in [5.74, 6) is 0.0941. The molecule has 0 heterocycles. The van der Waals surface area contributed by atoms with E-state index in [0.717, 1.165) is 24.3 Å². The van der Waals surface area contributed by atoms with Crippen molar-refractivity contribution in [2.24, 2.45) is 0 Å². The summed E-state index contributed by atoms with van der Waals surface area (Å²) in [6.45, 7) is 9.25. The standard InChI is InChI=1S/C14H21ClN2O/c1-5-17(6-2)14(18)11(4)16-13-8-7-10(3)9-12(13)15/h7-9,11,16H,5-6H2,1-4H3. The number of hydrogen-bond acceptors (Lipinski definition) is 2. The number of rotatable bonds is 5. The summed E-state index contributed by atoms with van der Waals surface area (Å²) in [5.41, 5.74) is 1.91. The molecule has 0 aliphatic carbocycles. The maximum atomic E-state index is 12.1. The Balaban J connectivity index is 2.75. The monoisotopic (exact) mass is 268 g/mol. The Kier molecular flexibility index (Phi) is 5.48. The molecule has 1 unspecified atom stereocenters. The lowest BCUT2D eigenvalue weighted by Gasteiger charge is -2.24. The van der Waals surface area contributed by atoms with Gasteiger partial charge >= 0.3 is 0 Å². The fraction of sp³-hybridized carbons (Fsp3) is 0.500. The third kappa shape index (κ3) is 3.64. The largest absolute Gasteiger partial charge is 0.373 e. The van der Waals surface area contributed by atoms with Gasteiger partial charge in [-0.25, -0.2) is 0 Å². The lowest BCUT2D eigenvalue weighted by atomic mass is 10.2. The van der Waals surface area contributed by atoms with Gasteiger partial charge in [0.05, 0.1) is 10.7 Å². The van der Waals surface area contributed by atoms with Gasteiger partial charge in [-0.2, -0.15) is 0 Å². The zero-order chi connectivity index (χ0) is 13.7. The fourth-order valence-electron chi connectivity index (χ4n) is 1.84. The summed E-state index contributed by atoms with van der Waals surface area (Å²) in [6, 6.07) is 5.50. The lowest BCUT2D eigenvalue weighted by Crippen LogP contribution is -2.41. The third-order valence-corrected chi connectivity index (χ3v) is 3.25. The molecule has 0 saturated heterocycles.